The monoisotopic (exact) mass is 373 g/mol. The zero-order valence-electron chi connectivity index (χ0n) is 12.3. The molecule has 0 saturated carbocycles. The molecule has 5 heteroatoms. The predicted octanol–water partition coefficient (Wildman–Crippen LogP) is 7.17. The molecule has 0 radical (unpaired) electrons. The van der Waals surface area contributed by atoms with E-state index in [1.54, 1.807) is 0 Å². The fourth-order valence-corrected chi connectivity index (χ4v) is 9.26. The van der Waals surface area contributed by atoms with Crippen LogP contribution in [-0.4, -0.2) is 18.5 Å². The minimum atomic E-state index is -1.32. The van der Waals surface area contributed by atoms with E-state index in [1.807, 2.05) is 6.07 Å². The summed E-state index contributed by atoms with van der Waals surface area (Å²) in [5.74, 6) is 0. The van der Waals surface area contributed by atoms with Gasteiger partial charge >= 0.3 is 0 Å². The van der Waals surface area contributed by atoms with E-state index in [1.165, 1.54) is 23.8 Å². The van der Waals surface area contributed by atoms with E-state index in [-0.39, 0.29) is 0 Å². The van der Waals surface area contributed by atoms with E-state index in [0.29, 0.717) is 20.1 Å². The van der Waals surface area contributed by atoms with Crippen LogP contribution in [-0.2, 0) is 0 Å². The summed E-state index contributed by atoms with van der Waals surface area (Å²) in [6.07, 6.45) is 7.06. The summed E-state index contributed by atoms with van der Waals surface area (Å²) in [6, 6.07) is 1.97. The summed E-state index contributed by atoms with van der Waals surface area (Å²) in [5.41, 5.74) is 0. The molecule has 0 fully saturated rings. The predicted molar refractivity (Wildman–Crippen MR) is 98.5 cm³/mol. The van der Waals surface area contributed by atoms with Crippen molar-refractivity contribution in [2.24, 2.45) is 0 Å². The van der Waals surface area contributed by atoms with Crippen LogP contribution in [0.25, 0.3) is 0 Å². The Morgan fingerprint density at radius 3 is 1.60 bits per heavy atom. The normalized spacial score (nSPS) is 11.9. The van der Waals surface area contributed by atoms with Gasteiger partial charge in [0.2, 0.25) is 0 Å². The molecule has 0 bridgehead atoms. The molecule has 0 spiro atoms. The molecule has 0 heterocycles. The Bertz CT molecular complexity index is 443. The van der Waals surface area contributed by atoms with Gasteiger partial charge in [0.15, 0.2) is 0 Å². The Kier molecular flexibility index (Phi) is 7.96. The Hall–Kier alpha value is 0.810. The Morgan fingerprint density at radius 2 is 1.20 bits per heavy atom. The Labute approximate surface area is 143 Å². The number of rotatable bonds is 7. The summed E-state index contributed by atoms with van der Waals surface area (Å²) in [4.78, 5) is 0. The molecule has 1 aromatic carbocycles. The van der Waals surface area contributed by atoms with Crippen molar-refractivity contribution in [2.45, 2.75) is 40.0 Å². The van der Waals surface area contributed by atoms with Crippen molar-refractivity contribution >= 4 is 59.0 Å². The fourth-order valence-electron chi connectivity index (χ4n) is 2.89. The third-order valence-electron chi connectivity index (χ3n) is 3.55. The second-order valence-electron chi connectivity index (χ2n) is 5.14. The van der Waals surface area contributed by atoms with E-state index in [2.05, 4.69) is 20.8 Å². The van der Waals surface area contributed by atoms with Crippen LogP contribution in [0.2, 0.25) is 20.1 Å². The van der Waals surface area contributed by atoms with Gasteiger partial charge in [-0.05, 0) is 19.3 Å². The average molecular weight is 375 g/mol. The highest BCUT2D eigenvalue weighted by molar-refractivity contribution is 7.83. The average Bonchev–Trinajstić information content (AvgIpc) is 2.41. The van der Waals surface area contributed by atoms with Crippen molar-refractivity contribution < 1.29 is 0 Å². The molecule has 0 atom stereocenters. The van der Waals surface area contributed by atoms with Gasteiger partial charge in [-0.1, -0.05) is 67.2 Å². The van der Waals surface area contributed by atoms with Gasteiger partial charge in [-0.25, -0.2) is 0 Å². The van der Waals surface area contributed by atoms with Crippen LogP contribution in [0.3, 0.4) is 0 Å². The molecular weight excluding hydrogens is 353 g/mol. The van der Waals surface area contributed by atoms with Crippen LogP contribution in [0, 0.1) is 0 Å². The largest absolute Gasteiger partial charge is 0.115 e. The van der Waals surface area contributed by atoms with Gasteiger partial charge in [0.25, 0.3) is 0 Å². The zero-order chi connectivity index (χ0) is 15.3. The minimum absolute atomic E-state index is 0.365. The number of halogens is 4. The first-order chi connectivity index (χ1) is 9.43. The molecule has 0 aliphatic rings. The van der Waals surface area contributed by atoms with E-state index >= 15 is 0 Å². The molecule has 0 nitrogen and oxygen atoms in total. The molecule has 0 aliphatic heterocycles. The van der Waals surface area contributed by atoms with Crippen LogP contribution in [0.5, 0.6) is 0 Å². The summed E-state index contributed by atoms with van der Waals surface area (Å²) in [7, 11) is -1.32. The summed E-state index contributed by atoms with van der Waals surface area (Å²) < 4.78 is 0. The molecular formula is C15H22Cl4P+. The Morgan fingerprint density at radius 1 is 0.750 bits per heavy atom. The second-order valence-corrected chi connectivity index (χ2v) is 10.8. The van der Waals surface area contributed by atoms with Crippen LogP contribution in [0.15, 0.2) is 6.07 Å². The molecule has 0 amide bonds. The van der Waals surface area contributed by atoms with Crippen molar-refractivity contribution in [3.8, 4) is 0 Å². The van der Waals surface area contributed by atoms with Gasteiger partial charge < -0.3 is 0 Å². The first-order valence-corrected chi connectivity index (χ1v) is 11.0. The van der Waals surface area contributed by atoms with E-state index in [0.717, 1.165) is 19.3 Å². The molecule has 0 N–H and O–H groups in total. The minimum Gasteiger partial charge on any atom is -0.0825 e. The van der Waals surface area contributed by atoms with Crippen molar-refractivity contribution in [2.75, 3.05) is 18.5 Å². The van der Waals surface area contributed by atoms with Gasteiger partial charge in [-0.15, -0.1) is 0 Å². The summed E-state index contributed by atoms with van der Waals surface area (Å²) in [5, 5.41) is 3.07. The highest BCUT2D eigenvalue weighted by atomic mass is 35.5. The third kappa shape index (κ3) is 3.96. The Balaban J connectivity index is 3.46. The lowest BCUT2D eigenvalue weighted by molar-refractivity contribution is 1.01. The van der Waals surface area contributed by atoms with Gasteiger partial charge in [-0.2, -0.15) is 0 Å². The van der Waals surface area contributed by atoms with Crippen molar-refractivity contribution in [3.05, 3.63) is 26.2 Å². The smallest absolute Gasteiger partial charge is 0.0825 e. The van der Waals surface area contributed by atoms with Crippen molar-refractivity contribution in [1.29, 1.82) is 0 Å². The lowest BCUT2D eigenvalue weighted by Gasteiger charge is -2.28. The fraction of sp³-hybridized carbons (Fsp3) is 0.600. The lowest BCUT2D eigenvalue weighted by atomic mass is 10.3. The molecule has 0 aliphatic carbocycles. The molecule has 1 aromatic rings. The molecule has 114 valence electrons. The number of benzene rings is 1. The first-order valence-electron chi connectivity index (χ1n) is 7.13. The van der Waals surface area contributed by atoms with Gasteiger partial charge in [0.05, 0.1) is 33.6 Å². The molecule has 1 rings (SSSR count). The van der Waals surface area contributed by atoms with Crippen LogP contribution < -0.4 is 5.30 Å². The van der Waals surface area contributed by atoms with Gasteiger partial charge in [0, 0.05) is 13.3 Å². The molecule has 20 heavy (non-hydrogen) atoms. The standard InChI is InChI=1S/C15H22Cl4P/c1-4-7-20(8-5-2,9-6-3)12-10-11(16)13(17)15(19)14(12)18/h10H,4-9H2,1-3H3/q+1. The number of hydrogen-bond donors (Lipinski definition) is 0. The first kappa shape index (κ1) is 18.9. The van der Waals surface area contributed by atoms with Crippen LogP contribution >= 0.6 is 53.7 Å². The quantitative estimate of drug-likeness (QED) is 0.269. The van der Waals surface area contributed by atoms with Crippen molar-refractivity contribution in [1.82, 2.24) is 0 Å². The SMILES string of the molecule is CCC[P+](CCC)(CCC)c1cc(Cl)c(Cl)c(Cl)c1Cl. The summed E-state index contributed by atoms with van der Waals surface area (Å²) in [6.45, 7) is 6.69. The lowest BCUT2D eigenvalue weighted by Crippen LogP contribution is -2.22. The maximum atomic E-state index is 6.51. The van der Waals surface area contributed by atoms with Crippen LogP contribution in [0.4, 0.5) is 0 Å². The second kappa shape index (κ2) is 8.44. The van der Waals surface area contributed by atoms with E-state index in [4.69, 9.17) is 46.4 Å². The van der Waals surface area contributed by atoms with Gasteiger partial charge in [-0.3, -0.25) is 0 Å². The molecule has 0 unspecified atom stereocenters. The van der Waals surface area contributed by atoms with Gasteiger partial charge in [0.1, 0.15) is 10.3 Å². The topological polar surface area (TPSA) is 0 Å². The maximum Gasteiger partial charge on any atom is 0.115 e. The molecule has 0 saturated heterocycles. The third-order valence-corrected chi connectivity index (χ3v) is 10.7. The highest BCUT2D eigenvalue weighted by Crippen LogP contribution is 2.61. The van der Waals surface area contributed by atoms with E-state index in [9.17, 15) is 0 Å². The summed E-state index contributed by atoms with van der Waals surface area (Å²) >= 11 is 25.1. The maximum absolute atomic E-state index is 6.51. The highest BCUT2D eigenvalue weighted by Gasteiger charge is 2.40. The molecule has 0 aromatic heterocycles. The van der Waals surface area contributed by atoms with E-state index < -0.39 is 7.26 Å². The van der Waals surface area contributed by atoms with Crippen LogP contribution in [0.1, 0.15) is 40.0 Å². The zero-order valence-corrected chi connectivity index (χ0v) is 16.2. The number of hydrogen-bond acceptors (Lipinski definition) is 0. The van der Waals surface area contributed by atoms with Crippen molar-refractivity contribution in [3.63, 3.8) is 0 Å².